The number of hydrogen-bond donors (Lipinski definition) is 6. The van der Waals surface area contributed by atoms with E-state index in [9.17, 15) is 30.4 Å². The van der Waals surface area contributed by atoms with E-state index in [1.54, 1.807) is 13.2 Å². The lowest BCUT2D eigenvalue weighted by molar-refractivity contribution is -0.747. The van der Waals surface area contributed by atoms with E-state index in [2.05, 4.69) is 4.98 Å². The smallest absolute Gasteiger partial charge is 0.346 e. The van der Waals surface area contributed by atoms with Crippen molar-refractivity contribution in [3.63, 3.8) is 0 Å². The Morgan fingerprint density at radius 3 is 2.47 bits per heavy atom. The molecule has 11 nitrogen and oxygen atoms in total. The van der Waals surface area contributed by atoms with Crippen LogP contribution >= 0.6 is 0 Å². The first kappa shape index (κ1) is 20.2. The molecule has 30 heavy (non-hydrogen) atoms. The quantitative estimate of drug-likeness (QED) is 0.240. The molecule has 4 rings (SSSR count). The van der Waals surface area contributed by atoms with Crippen molar-refractivity contribution >= 4 is 23.1 Å². The monoisotopic (exact) mass is 417 g/mol. The molecule has 5 atom stereocenters. The second-order valence-corrected chi connectivity index (χ2v) is 7.05. The zero-order valence-corrected chi connectivity index (χ0v) is 15.8. The summed E-state index contributed by atoms with van der Waals surface area (Å²) in [5.74, 6) is -1.48. The molecule has 0 spiro atoms. The molecule has 0 bridgehead atoms. The maximum Gasteiger partial charge on any atom is 0.346 e. The first-order valence-electron chi connectivity index (χ1n) is 9.13. The fourth-order valence-electron chi connectivity index (χ4n) is 3.69. The average Bonchev–Trinajstić information content (AvgIpc) is 3.03. The number of anilines is 1. The molecule has 0 aliphatic carbocycles. The number of carboxylic acids is 1. The van der Waals surface area contributed by atoms with Crippen molar-refractivity contribution in [1.29, 1.82) is 0 Å². The van der Waals surface area contributed by atoms with Crippen LogP contribution in [-0.2, 0) is 16.6 Å². The standard InChI is InChI=1S/C19H20N4O7/c1-22-11-7-10(9-5-3-2-4-6-9)8-20-16(11)23(19(22)21-29)17-14(26)12(24)13(25)15(30-17)18(27)28/h2-8,12-15,17,24-26H,1H3,(H2,27,28,29)/p+1/t12-,13-,14+,15-,17+/m0/s1. The van der Waals surface area contributed by atoms with Gasteiger partial charge in [-0.05, 0) is 11.6 Å². The van der Waals surface area contributed by atoms with E-state index in [1.165, 1.54) is 9.13 Å². The van der Waals surface area contributed by atoms with Crippen molar-refractivity contribution in [2.75, 3.05) is 5.48 Å². The van der Waals surface area contributed by atoms with Crippen LogP contribution in [0.15, 0.2) is 42.6 Å². The number of aliphatic hydroxyl groups excluding tert-OH is 3. The Bertz CT molecular complexity index is 1090. The van der Waals surface area contributed by atoms with E-state index < -0.39 is 36.6 Å². The van der Waals surface area contributed by atoms with Gasteiger partial charge in [-0.3, -0.25) is 0 Å². The summed E-state index contributed by atoms with van der Waals surface area (Å²) >= 11 is 0. The number of fused-ring (bicyclic) bond motifs is 1. The SMILES string of the molecule is Cn1c(NO)[n+]([C@@H]2O[C@H](C(=O)O)[C@@H](O)[C@H](O)[C@H]2O)c2ncc(-c3ccccc3)cc21. The first-order chi connectivity index (χ1) is 14.3. The number of aryl methyl sites for hydroxylation is 1. The molecule has 0 unspecified atom stereocenters. The lowest BCUT2D eigenvalue weighted by Crippen LogP contribution is -2.64. The molecule has 0 amide bonds. The van der Waals surface area contributed by atoms with E-state index >= 15 is 0 Å². The molecule has 0 saturated carbocycles. The number of aliphatic carboxylic acids is 1. The molecule has 3 aromatic rings. The molecule has 2 aromatic heterocycles. The van der Waals surface area contributed by atoms with Gasteiger partial charge >= 0.3 is 11.9 Å². The maximum absolute atomic E-state index is 11.4. The van der Waals surface area contributed by atoms with Crippen molar-refractivity contribution in [2.24, 2.45) is 7.05 Å². The molecule has 11 heteroatoms. The molecule has 1 fully saturated rings. The highest BCUT2D eigenvalue weighted by Crippen LogP contribution is 2.30. The summed E-state index contributed by atoms with van der Waals surface area (Å²) in [5, 5.41) is 49.6. The van der Waals surface area contributed by atoms with Gasteiger partial charge in [0.1, 0.15) is 18.3 Å². The van der Waals surface area contributed by atoms with Gasteiger partial charge in [0.2, 0.25) is 6.23 Å². The second-order valence-electron chi connectivity index (χ2n) is 7.05. The van der Waals surface area contributed by atoms with Crippen LogP contribution in [0.25, 0.3) is 22.3 Å². The topological polar surface area (TPSA) is 161 Å². The summed E-state index contributed by atoms with van der Waals surface area (Å²) < 4.78 is 8.18. The summed E-state index contributed by atoms with van der Waals surface area (Å²) in [7, 11) is 1.63. The van der Waals surface area contributed by atoms with E-state index in [0.29, 0.717) is 5.52 Å². The van der Waals surface area contributed by atoms with E-state index in [1.807, 2.05) is 41.9 Å². The average molecular weight is 417 g/mol. The maximum atomic E-state index is 11.4. The van der Waals surface area contributed by atoms with E-state index in [0.717, 1.165) is 11.1 Å². The second kappa shape index (κ2) is 7.63. The predicted molar refractivity (Wildman–Crippen MR) is 101 cm³/mol. The fraction of sp³-hybridized carbons (Fsp3) is 0.316. The molecular formula is C19H21N4O7+. The third-order valence-corrected chi connectivity index (χ3v) is 5.28. The minimum atomic E-state index is -1.83. The van der Waals surface area contributed by atoms with Crippen LogP contribution in [-0.4, -0.2) is 65.6 Å². The summed E-state index contributed by atoms with van der Waals surface area (Å²) in [6.45, 7) is 0. The van der Waals surface area contributed by atoms with E-state index in [-0.39, 0.29) is 11.6 Å². The van der Waals surface area contributed by atoms with Gasteiger partial charge in [0.05, 0.1) is 6.20 Å². The third-order valence-electron chi connectivity index (χ3n) is 5.28. The molecule has 1 aliphatic heterocycles. The van der Waals surface area contributed by atoms with Crippen LogP contribution in [0.5, 0.6) is 0 Å². The van der Waals surface area contributed by atoms with Gasteiger partial charge in [0.15, 0.2) is 11.6 Å². The number of benzene rings is 1. The van der Waals surface area contributed by atoms with Gasteiger partial charge in [0.25, 0.3) is 5.65 Å². The number of aromatic nitrogens is 3. The number of imidazole rings is 1. The van der Waals surface area contributed by atoms with Crippen LogP contribution < -0.4 is 10.0 Å². The van der Waals surface area contributed by atoms with Gasteiger partial charge in [0, 0.05) is 12.6 Å². The van der Waals surface area contributed by atoms with Crippen molar-refractivity contribution < 1.29 is 39.7 Å². The number of aliphatic hydroxyl groups is 3. The van der Waals surface area contributed by atoms with Gasteiger partial charge < -0.3 is 25.2 Å². The number of ether oxygens (including phenoxy) is 1. The zero-order valence-electron chi connectivity index (χ0n) is 15.8. The van der Waals surface area contributed by atoms with Gasteiger partial charge in [-0.25, -0.2) is 14.6 Å². The van der Waals surface area contributed by atoms with Crippen LogP contribution in [0.2, 0.25) is 0 Å². The van der Waals surface area contributed by atoms with Gasteiger partial charge in [-0.1, -0.05) is 30.3 Å². The molecule has 158 valence electrons. The Hall–Kier alpha value is -3.09. The van der Waals surface area contributed by atoms with Crippen LogP contribution in [0.1, 0.15) is 6.23 Å². The van der Waals surface area contributed by atoms with Gasteiger partial charge in [-0.2, -0.15) is 10.0 Å². The number of carbonyl (C=O) groups is 1. The molecular weight excluding hydrogens is 396 g/mol. The predicted octanol–water partition coefficient (Wildman–Crippen LogP) is -0.606. The Morgan fingerprint density at radius 2 is 1.83 bits per heavy atom. The number of carboxylic acid groups (broad SMARTS) is 1. The van der Waals surface area contributed by atoms with Crippen molar-refractivity contribution in [3.05, 3.63) is 42.6 Å². The van der Waals surface area contributed by atoms with Crippen LogP contribution in [0, 0.1) is 0 Å². The fourth-order valence-corrected chi connectivity index (χ4v) is 3.69. The minimum Gasteiger partial charge on any atom is -0.479 e. The summed E-state index contributed by atoms with van der Waals surface area (Å²) in [4.78, 5) is 15.9. The number of nitrogens with zero attached hydrogens (tertiary/aromatic N) is 3. The number of rotatable bonds is 4. The zero-order chi connectivity index (χ0) is 21.6. The number of pyridine rings is 1. The van der Waals surface area contributed by atoms with Crippen molar-refractivity contribution in [2.45, 2.75) is 30.6 Å². The highest BCUT2D eigenvalue weighted by atomic mass is 16.6. The molecule has 0 radical (unpaired) electrons. The Kier molecular flexibility index (Phi) is 5.13. The third kappa shape index (κ3) is 3.09. The normalized spacial score (nSPS) is 26.6. The highest BCUT2D eigenvalue weighted by Gasteiger charge is 2.50. The molecule has 6 N–H and O–H groups in total. The van der Waals surface area contributed by atoms with E-state index in [4.69, 9.17) is 4.74 Å². The minimum absolute atomic E-state index is 0.0273. The van der Waals surface area contributed by atoms with Crippen molar-refractivity contribution in [1.82, 2.24) is 9.55 Å². The summed E-state index contributed by atoms with van der Waals surface area (Å²) in [5.41, 5.74) is 4.51. The molecule has 1 saturated heterocycles. The largest absolute Gasteiger partial charge is 0.479 e. The molecule has 3 heterocycles. The molecule has 1 aliphatic rings. The summed E-state index contributed by atoms with van der Waals surface area (Å²) in [6.07, 6.45) is -6.95. The van der Waals surface area contributed by atoms with Gasteiger partial charge in [-0.15, -0.1) is 4.98 Å². The number of nitrogens with one attached hydrogen (secondary N) is 1. The lowest BCUT2D eigenvalue weighted by atomic mass is 9.98. The molecule has 1 aromatic carbocycles. The highest BCUT2D eigenvalue weighted by molar-refractivity contribution is 5.78. The first-order valence-corrected chi connectivity index (χ1v) is 9.13. The Labute approximate surface area is 170 Å². The number of hydrogen-bond acceptors (Lipinski definition) is 8. The van der Waals surface area contributed by atoms with Crippen molar-refractivity contribution in [3.8, 4) is 11.1 Å². The van der Waals surface area contributed by atoms with Crippen LogP contribution in [0.3, 0.4) is 0 Å². The summed E-state index contributed by atoms with van der Waals surface area (Å²) in [6, 6.07) is 11.3. The lowest BCUT2D eigenvalue weighted by Gasteiger charge is -2.37. The Balaban J connectivity index is 1.87. The Morgan fingerprint density at radius 1 is 1.13 bits per heavy atom. The van der Waals surface area contributed by atoms with Crippen LogP contribution in [0.4, 0.5) is 5.95 Å².